The Hall–Kier alpha value is -1.42. The third-order valence-electron chi connectivity index (χ3n) is 2.48. The second-order valence-corrected chi connectivity index (χ2v) is 4.63. The molecule has 1 unspecified atom stereocenters. The summed E-state index contributed by atoms with van der Waals surface area (Å²) in [7, 11) is 0. The molecule has 2 rings (SSSR count). The predicted molar refractivity (Wildman–Crippen MR) is 70.4 cm³/mol. The Morgan fingerprint density at radius 2 is 2.18 bits per heavy atom. The molecule has 2 nitrogen and oxygen atoms in total. The fraction of sp³-hybridized carbons (Fsp3) is 0.154. The van der Waals surface area contributed by atoms with Crippen LogP contribution in [0.5, 0.6) is 0 Å². The largest absolute Gasteiger partial charge is 0.377 e. The van der Waals surface area contributed by atoms with Crippen molar-refractivity contribution < 1.29 is 4.39 Å². The first kappa shape index (κ1) is 12.0. The smallest absolute Gasteiger partial charge is 0.125 e. The molecule has 1 N–H and O–H groups in total. The van der Waals surface area contributed by atoms with Gasteiger partial charge in [-0.15, -0.1) is 0 Å². The number of pyridine rings is 1. The average molecular weight is 295 g/mol. The van der Waals surface area contributed by atoms with Crippen molar-refractivity contribution in [1.29, 1.82) is 0 Å². The van der Waals surface area contributed by atoms with Crippen molar-refractivity contribution in [1.82, 2.24) is 4.98 Å². The maximum atomic E-state index is 13.1. The van der Waals surface area contributed by atoms with Crippen molar-refractivity contribution in [2.45, 2.75) is 13.0 Å². The molecule has 1 aromatic heterocycles. The number of anilines is 1. The van der Waals surface area contributed by atoms with Gasteiger partial charge in [-0.3, -0.25) is 4.98 Å². The van der Waals surface area contributed by atoms with Gasteiger partial charge in [0.25, 0.3) is 0 Å². The first-order valence-corrected chi connectivity index (χ1v) is 6.07. The Morgan fingerprint density at radius 1 is 1.35 bits per heavy atom. The average Bonchev–Trinajstić information content (AvgIpc) is 2.35. The third kappa shape index (κ3) is 3.03. The highest BCUT2D eigenvalue weighted by Gasteiger charge is 2.08. The lowest BCUT2D eigenvalue weighted by molar-refractivity contribution is 0.627. The van der Waals surface area contributed by atoms with Crippen molar-refractivity contribution in [2.75, 3.05) is 5.32 Å². The van der Waals surface area contributed by atoms with E-state index in [1.165, 1.54) is 12.1 Å². The van der Waals surface area contributed by atoms with Crippen LogP contribution in [0.15, 0.2) is 47.2 Å². The molecule has 0 aliphatic carbocycles. The van der Waals surface area contributed by atoms with Gasteiger partial charge in [0.15, 0.2) is 0 Å². The molecule has 0 spiro atoms. The molecule has 0 bridgehead atoms. The Kier molecular flexibility index (Phi) is 3.74. The van der Waals surface area contributed by atoms with Crippen LogP contribution in [-0.4, -0.2) is 4.98 Å². The van der Waals surface area contributed by atoms with Gasteiger partial charge in [0.2, 0.25) is 0 Å². The predicted octanol–water partition coefficient (Wildman–Crippen LogP) is 4.16. The summed E-state index contributed by atoms with van der Waals surface area (Å²) in [6, 6.07) is 8.52. The van der Waals surface area contributed by atoms with Gasteiger partial charge in [-0.1, -0.05) is 6.07 Å². The second kappa shape index (κ2) is 5.27. The number of aromatic nitrogens is 1. The molecule has 88 valence electrons. The maximum Gasteiger partial charge on any atom is 0.125 e. The zero-order valence-corrected chi connectivity index (χ0v) is 10.9. The molecule has 0 saturated carbocycles. The van der Waals surface area contributed by atoms with Crippen molar-refractivity contribution in [3.63, 3.8) is 0 Å². The van der Waals surface area contributed by atoms with Crippen LogP contribution in [0.25, 0.3) is 0 Å². The van der Waals surface area contributed by atoms with Crippen LogP contribution < -0.4 is 5.32 Å². The molecule has 1 heterocycles. The van der Waals surface area contributed by atoms with Gasteiger partial charge in [-0.2, -0.15) is 0 Å². The Morgan fingerprint density at radius 3 is 2.88 bits per heavy atom. The van der Waals surface area contributed by atoms with Crippen molar-refractivity contribution in [2.24, 2.45) is 0 Å². The highest BCUT2D eigenvalue weighted by molar-refractivity contribution is 9.10. The van der Waals surface area contributed by atoms with E-state index in [9.17, 15) is 4.39 Å². The Balaban J connectivity index is 2.18. The van der Waals surface area contributed by atoms with Crippen LogP contribution >= 0.6 is 15.9 Å². The lowest BCUT2D eigenvalue weighted by atomic mass is 10.1. The number of hydrogen-bond donors (Lipinski definition) is 1. The van der Waals surface area contributed by atoms with Gasteiger partial charge < -0.3 is 5.32 Å². The van der Waals surface area contributed by atoms with Gasteiger partial charge in [0, 0.05) is 16.9 Å². The first-order valence-electron chi connectivity index (χ1n) is 5.28. The van der Waals surface area contributed by atoms with Crippen LogP contribution in [0.2, 0.25) is 0 Å². The standard InChI is InChI=1S/C13H12BrFN2/c1-9(10-3-2-6-16-8-10)17-13-7-11(15)4-5-12(13)14/h2-9,17H,1H3. The molecule has 0 aliphatic heterocycles. The van der Waals surface area contributed by atoms with Gasteiger partial charge in [0.05, 0.1) is 11.7 Å². The molecule has 4 heteroatoms. The van der Waals surface area contributed by atoms with Gasteiger partial charge in [-0.05, 0) is 52.7 Å². The minimum absolute atomic E-state index is 0.0711. The Bertz CT molecular complexity index is 502. The van der Waals surface area contributed by atoms with Crippen LogP contribution in [0, 0.1) is 5.82 Å². The molecule has 2 aromatic rings. The van der Waals surface area contributed by atoms with E-state index in [0.29, 0.717) is 0 Å². The second-order valence-electron chi connectivity index (χ2n) is 3.78. The molecule has 1 atom stereocenters. The van der Waals surface area contributed by atoms with Crippen LogP contribution in [-0.2, 0) is 0 Å². The fourth-order valence-electron chi connectivity index (χ4n) is 1.56. The lowest BCUT2D eigenvalue weighted by Gasteiger charge is -2.16. The number of halogens is 2. The number of nitrogens with one attached hydrogen (secondary N) is 1. The molecule has 0 amide bonds. The molecule has 0 radical (unpaired) electrons. The molecule has 0 saturated heterocycles. The Labute approximate surface area is 108 Å². The lowest BCUT2D eigenvalue weighted by Crippen LogP contribution is -2.07. The molecule has 0 fully saturated rings. The number of benzene rings is 1. The van der Waals surface area contributed by atoms with Crippen molar-refractivity contribution in [3.8, 4) is 0 Å². The van der Waals surface area contributed by atoms with Crippen LogP contribution in [0.3, 0.4) is 0 Å². The first-order chi connectivity index (χ1) is 8.16. The summed E-state index contributed by atoms with van der Waals surface area (Å²) in [6.07, 6.45) is 3.53. The normalized spacial score (nSPS) is 12.2. The fourth-order valence-corrected chi connectivity index (χ4v) is 1.92. The van der Waals surface area contributed by atoms with E-state index >= 15 is 0 Å². The van der Waals surface area contributed by atoms with E-state index in [4.69, 9.17) is 0 Å². The third-order valence-corrected chi connectivity index (χ3v) is 3.18. The quantitative estimate of drug-likeness (QED) is 0.919. The molecular weight excluding hydrogens is 283 g/mol. The highest BCUT2D eigenvalue weighted by Crippen LogP contribution is 2.26. The topological polar surface area (TPSA) is 24.9 Å². The van der Waals surface area contributed by atoms with Crippen molar-refractivity contribution >= 4 is 21.6 Å². The van der Waals surface area contributed by atoms with Crippen LogP contribution in [0.4, 0.5) is 10.1 Å². The van der Waals surface area contributed by atoms with E-state index < -0.39 is 0 Å². The maximum absolute atomic E-state index is 13.1. The minimum Gasteiger partial charge on any atom is -0.377 e. The zero-order valence-electron chi connectivity index (χ0n) is 9.32. The summed E-state index contributed by atoms with van der Waals surface area (Å²) in [5.74, 6) is -0.255. The summed E-state index contributed by atoms with van der Waals surface area (Å²) in [4.78, 5) is 4.06. The molecule has 17 heavy (non-hydrogen) atoms. The summed E-state index contributed by atoms with van der Waals surface area (Å²) < 4.78 is 14.0. The summed E-state index contributed by atoms with van der Waals surface area (Å²) >= 11 is 3.39. The molecular formula is C13H12BrFN2. The van der Waals surface area contributed by atoms with E-state index in [-0.39, 0.29) is 11.9 Å². The van der Waals surface area contributed by atoms with E-state index in [0.717, 1.165) is 15.7 Å². The van der Waals surface area contributed by atoms with E-state index in [2.05, 4.69) is 26.2 Å². The van der Waals surface area contributed by atoms with E-state index in [1.54, 1.807) is 18.5 Å². The summed E-state index contributed by atoms with van der Waals surface area (Å²) in [6.45, 7) is 2.01. The number of rotatable bonds is 3. The summed E-state index contributed by atoms with van der Waals surface area (Å²) in [5, 5.41) is 3.24. The number of nitrogens with zero attached hydrogens (tertiary/aromatic N) is 1. The van der Waals surface area contributed by atoms with Gasteiger partial charge >= 0.3 is 0 Å². The zero-order chi connectivity index (χ0) is 12.3. The van der Waals surface area contributed by atoms with Crippen LogP contribution in [0.1, 0.15) is 18.5 Å². The molecule has 1 aromatic carbocycles. The molecule has 0 aliphatic rings. The summed E-state index contributed by atoms with van der Waals surface area (Å²) in [5.41, 5.74) is 1.80. The van der Waals surface area contributed by atoms with Gasteiger partial charge in [-0.25, -0.2) is 4.39 Å². The SMILES string of the molecule is CC(Nc1cc(F)ccc1Br)c1cccnc1. The highest BCUT2D eigenvalue weighted by atomic mass is 79.9. The number of hydrogen-bond acceptors (Lipinski definition) is 2. The van der Waals surface area contributed by atoms with E-state index in [1.807, 2.05) is 19.1 Å². The van der Waals surface area contributed by atoms with Gasteiger partial charge in [0.1, 0.15) is 5.82 Å². The van der Waals surface area contributed by atoms with Crippen molar-refractivity contribution in [3.05, 3.63) is 58.6 Å². The minimum atomic E-state index is -0.255. The monoisotopic (exact) mass is 294 g/mol.